The SMILES string of the molecule is Cc1ccc(C)c(S(=O)(=O)[C@H](CNC(=O)C(=O)NCC(C)C)c2ccco2)c1. The molecule has 1 atom stereocenters. The third-order valence-electron chi connectivity index (χ3n) is 4.21. The Morgan fingerprint density at radius 2 is 1.68 bits per heavy atom. The maximum Gasteiger partial charge on any atom is 0.309 e. The second-order valence-corrected chi connectivity index (χ2v) is 9.23. The van der Waals surface area contributed by atoms with Gasteiger partial charge in [0.05, 0.1) is 11.2 Å². The molecule has 152 valence electrons. The number of sulfone groups is 1. The number of nitrogens with one attached hydrogen (secondary N) is 2. The first-order valence-electron chi connectivity index (χ1n) is 9.03. The van der Waals surface area contributed by atoms with E-state index in [1.54, 1.807) is 38.1 Å². The van der Waals surface area contributed by atoms with Crippen LogP contribution in [0.4, 0.5) is 0 Å². The van der Waals surface area contributed by atoms with Crippen molar-refractivity contribution >= 4 is 21.7 Å². The Morgan fingerprint density at radius 1 is 1.04 bits per heavy atom. The highest BCUT2D eigenvalue weighted by Gasteiger charge is 2.33. The summed E-state index contributed by atoms with van der Waals surface area (Å²) < 4.78 is 31.9. The Balaban J connectivity index is 2.25. The van der Waals surface area contributed by atoms with Crippen LogP contribution in [0.1, 0.15) is 36.0 Å². The van der Waals surface area contributed by atoms with Crippen LogP contribution in [0.15, 0.2) is 45.9 Å². The van der Waals surface area contributed by atoms with Gasteiger partial charge in [0.1, 0.15) is 11.0 Å². The fourth-order valence-electron chi connectivity index (χ4n) is 2.65. The molecule has 0 saturated carbocycles. The van der Waals surface area contributed by atoms with Crippen molar-refractivity contribution in [3.8, 4) is 0 Å². The Labute approximate surface area is 165 Å². The van der Waals surface area contributed by atoms with Crippen molar-refractivity contribution in [2.75, 3.05) is 13.1 Å². The highest BCUT2D eigenvalue weighted by atomic mass is 32.2. The molecule has 2 rings (SSSR count). The molecule has 1 heterocycles. The maximum atomic E-state index is 13.3. The summed E-state index contributed by atoms with van der Waals surface area (Å²) in [5.41, 5.74) is 1.41. The molecule has 7 nitrogen and oxygen atoms in total. The van der Waals surface area contributed by atoms with Crippen LogP contribution < -0.4 is 10.6 Å². The van der Waals surface area contributed by atoms with E-state index in [4.69, 9.17) is 4.42 Å². The molecule has 2 amide bonds. The average molecular weight is 407 g/mol. The number of amides is 2. The lowest BCUT2D eigenvalue weighted by Crippen LogP contribution is -2.43. The third kappa shape index (κ3) is 5.22. The number of carbonyl (C=O) groups is 2. The van der Waals surface area contributed by atoms with E-state index in [-0.39, 0.29) is 23.1 Å². The molecule has 1 aromatic heterocycles. The zero-order chi connectivity index (χ0) is 20.9. The number of hydrogen-bond acceptors (Lipinski definition) is 5. The van der Waals surface area contributed by atoms with E-state index >= 15 is 0 Å². The van der Waals surface area contributed by atoms with Crippen LogP contribution in [0.2, 0.25) is 0 Å². The van der Waals surface area contributed by atoms with Crippen molar-refractivity contribution < 1.29 is 22.4 Å². The van der Waals surface area contributed by atoms with E-state index in [0.717, 1.165) is 5.56 Å². The van der Waals surface area contributed by atoms with Gasteiger partial charge in [-0.15, -0.1) is 0 Å². The molecule has 0 saturated heterocycles. The first-order chi connectivity index (χ1) is 13.1. The molecule has 1 aromatic carbocycles. The van der Waals surface area contributed by atoms with E-state index in [0.29, 0.717) is 12.1 Å². The second kappa shape index (κ2) is 9.05. The molecule has 2 aromatic rings. The van der Waals surface area contributed by atoms with Gasteiger partial charge in [-0.05, 0) is 49.1 Å². The van der Waals surface area contributed by atoms with Crippen molar-refractivity contribution in [2.24, 2.45) is 5.92 Å². The minimum absolute atomic E-state index is 0.174. The highest BCUT2D eigenvalue weighted by molar-refractivity contribution is 7.91. The fourth-order valence-corrected chi connectivity index (χ4v) is 4.56. The van der Waals surface area contributed by atoms with E-state index in [1.165, 1.54) is 6.26 Å². The van der Waals surface area contributed by atoms with Gasteiger partial charge in [-0.25, -0.2) is 8.42 Å². The van der Waals surface area contributed by atoms with Gasteiger partial charge >= 0.3 is 11.8 Å². The lowest BCUT2D eigenvalue weighted by atomic mass is 10.2. The van der Waals surface area contributed by atoms with E-state index < -0.39 is 26.9 Å². The van der Waals surface area contributed by atoms with E-state index in [9.17, 15) is 18.0 Å². The predicted octanol–water partition coefficient (Wildman–Crippen LogP) is 2.30. The zero-order valence-electron chi connectivity index (χ0n) is 16.5. The number of aryl methyl sites for hydroxylation is 2. The standard InChI is InChI=1S/C20H26N2O5S/c1-13(2)11-21-19(23)20(24)22-12-18(16-6-5-9-27-16)28(25,26)17-10-14(3)7-8-15(17)4/h5-10,13,18H,11-12H2,1-4H3,(H,21,23)(H,22,24)/t18-/m1/s1. The van der Waals surface area contributed by atoms with Crippen LogP contribution >= 0.6 is 0 Å². The molecule has 0 aliphatic rings. The second-order valence-electron chi connectivity index (χ2n) is 7.13. The fraction of sp³-hybridized carbons (Fsp3) is 0.400. The van der Waals surface area contributed by atoms with Crippen LogP contribution in [0, 0.1) is 19.8 Å². The van der Waals surface area contributed by atoms with E-state index in [1.807, 2.05) is 19.9 Å². The average Bonchev–Trinajstić information content (AvgIpc) is 3.15. The molecule has 2 N–H and O–H groups in total. The van der Waals surface area contributed by atoms with Gasteiger partial charge in [0.25, 0.3) is 0 Å². The Kier molecular flexibility index (Phi) is 7.01. The Morgan fingerprint density at radius 3 is 2.25 bits per heavy atom. The Hall–Kier alpha value is -2.61. The Bertz CT molecular complexity index is 934. The summed E-state index contributed by atoms with van der Waals surface area (Å²) in [6, 6.07) is 8.28. The lowest BCUT2D eigenvalue weighted by Gasteiger charge is -2.18. The number of furan rings is 1. The number of carbonyl (C=O) groups excluding carboxylic acids is 2. The highest BCUT2D eigenvalue weighted by Crippen LogP contribution is 2.31. The maximum absolute atomic E-state index is 13.3. The van der Waals surface area contributed by atoms with Crippen LogP contribution in [0.25, 0.3) is 0 Å². The zero-order valence-corrected chi connectivity index (χ0v) is 17.3. The molecule has 0 aliphatic heterocycles. The van der Waals surface area contributed by atoms with Crippen LogP contribution in [-0.4, -0.2) is 33.3 Å². The van der Waals surface area contributed by atoms with Gasteiger partial charge in [0.2, 0.25) is 0 Å². The number of benzene rings is 1. The normalized spacial score (nSPS) is 12.6. The predicted molar refractivity (Wildman–Crippen MR) is 105 cm³/mol. The molecular formula is C20H26N2O5S. The molecule has 0 fully saturated rings. The number of rotatable bonds is 7. The van der Waals surface area contributed by atoms with Gasteiger partial charge in [-0.2, -0.15) is 0 Å². The topological polar surface area (TPSA) is 105 Å². The molecular weight excluding hydrogens is 380 g/mol. The van der Waals surface area contributed by atoms with Crippen LogP contribution in [0.3, 0.4) is 0 Å². The minimum Gasteiger partial charge on any atom is -0.468 e. The largest absolute Gasteiger partial charge is 0.468 e. The molecule has 0 unspecified atom stereocenters. The molecule has 8 heteroatoms. The molecule has 0 spiro atoms. The quantitative estimate of drug-likeness (QED) is 0.687. The van der Waals surface area contributed by atoms with Crippen molar-refractivity contribution in [2.45, 2.75) is 37.8 Å². The summed E-state index contributed by atoms with van der Waals surface area (Å²) in [6.45, 7) is 7.40. The molecule has 28 heavy (non-hydrogen) atoms. The summed E-state index contributed by atoms with van der Waals surface area (Å²) in [5.74, 6) is -1.29. The first-order valence-corrected chi connectivity index (χ1v) is 10.6. The summed E-state index contributed by atoms with van der Waals surface area (Å²) >= 11 is 0. The van der Waals surface area contributed by atoms with Gasteiger partial charge in [-0.1, -0.05) is 26.0 Å². The number of hydrogen-bond donors (Lipinski definition) is 2. The summed E-state index contributed by atoms with van der Waals surface area (Å²) in [7, 11) is -3.86. The monoisotopic (exact) mass is 406 g/mol. The van der Waals surface area contributed by atoms with Gasteiger partial charge < -0.3 is 15.1 Å². The molecule has 0 aliphatic carbocycles. The smallest absolute Gasteiger partial charge is 0.309 e. The summed E-state index contributed by atoms with van der Waals surface area (Å²) in [6.07, 6.45) is 1.37. The van der Waals surface area contributed by atoms with Gasteiger partial charge in [-0.3, -0.25) is 9.59 Å². The van der Waals surface area contributed by atoms with Gasteiger partial charge in [0, 0.05) is 13.1 Å². The van der Waals surface area contributed by atoms with Crippen molar-refractivity contribution in [3.63, 3.8) is 0 Å². The lowest BCUT2D eigenvalue weighted by molar-refractivity contribution is -0.139. The summed E-state index contributed by atoms with van der Waals surface area (Å²) in [4.78, 5) is 24.1. The van der Waals surface area contributed by atoms with Crippen LogP contribution in [0.5, 0.6) is 0 Å². The third-order valence-corrected chi connectivity index (χ3v) is 6.41. The molecule has 0 radical (unpaired) electrons. The van der Waals surface area contributed by atoms with Gasteiger partial charge in [0.15, 0.2) is 9.84 Å². The minimum atomic E-state index is -3.86. The van der Waals surface area contributed by atoms with Crippen molar-refractivity contribution in [1.82, 2.24) is 10.6 Å². The van der Waals surface area contributed by atoms with E-state index in [2.05, 4.69) is 10.6 Å². The van der Waals surface area contributed by atoms with Crippen molar-refractivity contribution in [3.05, 3.63) is 53.5 Å². The molecule has 0 bridgehead atoms. The van der Waals surface area contributed by atoms with Crippen molar-refractivity contribution in [1.29, 1.82) is 0 Å². The van der Waals surface area contributed by atoms with Crippen LogP contribution in [-0.2, 0) is 19.4 Å². The first kappa shape index (κ1) is 21.7. The summed E-state index contributed by atoms with van der Waals surface area (Å²) in [5, 5.41) is 3.77.